The maximum Gasteiger partial charge on any atom is 0.387 e. The Hall–Kier alpha value is -1.85. The summed E-state index contributed by atoms with van der Waals surface area (Å²) < 4.78 is 28.8. The van der Waals surface area contributed by atoms with Crippen molar-refractivity contribution in [1.82, 2.24) is 5.32 Å². The van der Waals surface area contributed by atoms with E-state index in [9.17, 15) is 13.6 Å². The Balaban J connectivity index is 2.14. The molecule has 1 amide bonds. The van der Waals surface area contributed by atoms with E-state index in [0.29, 0.717) is 5.56 Å². The fourth-order valence-corrected chi connectivity index (χ4v) is 2.38. The van der Waals surface area contributed by atoms with Crippen LogP contribution in [0.25, 0.3) is 0 Å². The summed E-state index contributed by atoms with van der Waals surface area (Å²) in [6, 6.07) is 10.4. The third-order valence-electron chi connectivity index (χ3n) is 3.13. The number of alkyl halides is 2. The number of benzene rings is 2. The van der Waals surface area contributed by atoms with E-state index < -0.39 is 18.6 Å². The molecule has 7 heteroatoms. The smallest absolute Gasteiger partial charge is 0.387 e. The highest BCUT2D eigenvalue weighted by Crippen LogP contribution is 2.26. The number of nitrogens with one attached hydrogen (secondary N) is 1. The number of carbonyl (C=O) groups is 1. The van der Waals surface area contributed by atoms with Crippen LogP contribution in [-0.2, 0) is 0 Å². The monoisotopic (exact) mass is 359 g/mol. The van der Waals surface area contributed by atoms with Gasteiger partial charge in [-0.3, -0.25) is 4.79 Å². The van der Waals surface area contributed by atoms with E-state index in [0.717, 1.165) is 0 Å². The van der Waals surface area contributed by atoms with Gasteiger partial charge in [0.05, 0.1) is 21.7 Å². The number of hydrogen-bond donors (Lipinski definition) is 1. The summed E-state index contributed by atoms with van der Waals surface area (Å²) in [6.07, 6.45) is 0. The molecule has 0 aliphatic carbocycles. The van der Waals surface area contributed by atoms with Gasteiger partial charge in [-0.15, -0.1) is 0 Å². The minimum absolute atomic E-state index is 0.0272. The summed E-state index contributed by atoms with van der Waals surface area (Å²) in [7, 11) is 0. The number of carbonyl (C=O) groups excluding carboxylic acids is 1. The van der Waals surface area contributed by atoms with Gasteiger partial charge in [-0.25, -0.2) is 0 Å². The van der Waals surface area contributed by atoms with Crippen LogP contribution in [-0.4, -0.2) is 12.5 Å². The lowest BCUT2D eigenvalue weighted by atomic mass is 10.1. The minimum Gasteiger partial charge on any atom is -0.435 e. The van der Waals surface area contributed by atoms with Gasteiger partial charge in [0, 0.05) is 0 Å². The van der Waals surface area contributed by atoms with E-state index in [1.54, 1.807) is 37.3 Å². The number of amides is 1. The molecule has 0 radical (unpaired) electrons. The van der Waals surface area contributed by atoms with E-state index in [-0.39, 0.29) is 21.4 Å². The molecule has 2 aromatic carbocycles. The average Bonchev–Trinajstić information content (AvgIpc) is 2.49. The Morgan fingerprint density at radius 2 is 1.87 bits per heavy atom. The van der Waals surface area contributed by atoms with E-state index in [4.69, 9.17) is 23.2 Å². The Morgan fingerprint density at radius 1 is 1.17 bits per heavy atom. The Labute approximate surface area is 142 Å². The summed E-state index contributed by atoms with van der Waals surface area (Å²) in [4.78, 5) is 12.3. The second kappa shape index (κ2) is 7.62. The zero-order valence-electron chi connectivity index (χ0n) is 12.0. The minimum atomic E-state index is -2.90. The van der Waals surface area contributed by atoms with Gasteiger partial charge in [0.25, 0.3) is 5.91 Å². The molecule has 2 aromatic rings. The van der Waals surface area contributed by atoms with Crippen molar-refractivity contribution in [2.45, 2.75) is 19.6 Å². The Morgan fingerprint density at radius 3 is 2.57 bits per heavy atom. The molecular weight excluding hydrogens is 347 g/mol. The summed E-state index contributed by atoms with van der Waals surface area (Å²) in [5.41, 5.74) is 0.862. The summed E-state index contributed by atoms with van der Waals surface area (Å²) >= 11 is 11.9. The van der Waals surface area contributed by atoms with Gasteiger partial charge >= 0.3 is 6.61 Å². The van der Waals surface area contributed by atoms with Crippen molar-refractivity contribution in [3.63, 3.8) is 0 Å². The Kier molecular flexibility index (Phi) is 5.80. The lowest BCUT2D eigenvalue weighted by Gasteiger charge is -2.16. The van der Waals surface area contributed by atoms with Crippen molar-refractivity contribution in [3.8, 4) is 5.75 Å². The maximum atomic E-state index is 12.3. The van der Waals surface area contributed by atoms with Crippen LogP contribution in [0.4, 0.5) is 8.78 Å². The van der Waals surface area contributed by atoms with Gasteiger partial charge in [-0.05, 0) is 36.8 Å². The number of rotatable bonds is 5. The predicted molar refractivity (Wildman–Crippen MR) is 85.4 cm³/mol. The average molecular weight is 360 g/mol. The molecule has 0 aliphatic heterocycles. The summed E-state index contributed by atoms with van der Waals surface area (Å²) in [6.45, 7) is -1.18. The van der Waals surface area contributed by atoms with Gasteiger partial charge in [-0.1, -0.05) is 41.4 Å². The summed E-state index contributed by atoms with van der Waals surface area (Å²) in [5, 5.41) is 3.17. The standard InChI is InChI=1S/C16H13Cl2F2NO2/c1-9(10-4-2-5-11(8-10)23-16(19)20)21-15(22)12-6-3-7-13(17)14(12)18/h2-9,16H,1H3,(H,21,22)/t9-/m1/s1. The fourth-order valence-electron chi connectivity index (χ4n) is 2.00. The van der Waals surface area contributed by atoms with Gasteiger partial charge in [0.2, 0.25) is 0 Å². The molecule has 2 rings (SSSR count). The molecule has 0 spiro atoms. The van der Waals surface area contributed by atoms with E-state index in [2.05, 4.69) is 10.1 Å². The molecule has 0 heterocycles. The normalized spacial score (nSPS) is 12.1. The van der Waals surface area contributed by atoms with Crippen molar-refractivity contribution in [3.05, 3.63) is 63.6 Å². The maximum absolute atomic E-state index is 12.3. The van der Waals surface area contributed by atoms with Crippen LogP contribution in [0.1, 0.15) is 28.9 Å². The van der Waals surface area contributed by atoms with E-state index >= 15 is 0 Å². The molecular formula is C16H13Cl2F2NO2. The third-order valence-corrected chi connectivity index (χ3v) is 3.95. The van der Waals surface area contributed by atoms with Crippen LogP contribution in [0.5, 0.6) is 5.75 Å². The van der Waals surface area contributed by atoms with Crippen molar-refractivity contribution in [1.29, 1.82) is 0 Å². The first-order valence-electron chi connectivity index (χ1n) is 6.68. The van der Waals surface area contributed by atoms with E-state index in [1.807, 2.05) is 0 Å². The molecule has 23 heavy (non-hydrogen) atoms. The highest BCUT2D eigenvalue weighted by molar-refractivity contribution is 6.43. The SMILES string of the molecule is C[C@@H](NC(=O)c1cccc(Cl)c1Cl)c1cccc(OC(F)F)c1. The molecule has 0 fully saturated rings. The van der Waals surface area contributed by atoms with Crippen molar-refractivity contribution in [2.75, 3.05) is 0 Å². The molecule has 0 aromatic heterocycles. The van der Waals surface area contributed by atoms with Gasteiger partial charge < -0.3 is 10.1 Å². The van der Waals surface area contributed by atoms with Crippen molar-refractivity contribution in [2.24, 2.45) is 0 Å². The van der Waals surface area contributed by atoms with Crippen molar-refractivity contribution < 1.29 is 18.3 Å². The number of halogens is 4. The molecule has 0 bridgehead atoms. The quantitative estimate of drug-likeness (QED) is 0.807. The molecule has 0 saturated heterocycles. The first-order chi connectivity index (χ1) is 10.9. The topological polar surface area (TPSA) is 38.3 Å². The highest BCUT2D eigenvalue weighted by Gasteiger charge is 2.16. The second-order valence-corrected chi connectivity index (χ2v) is 5.53. The van der Waals surface area contributed by atoms with Crippen LogP contribution >= 0.6 is 23.2 Å². The molecule has 1 N–H and O–H groups in total. The fraction of sp³-hybridized carbons (Fsp3) is 0.188. The van der Waals surface area contributed by atoms with Crippen LogP contribution < -0.4 is 10.1 Å². The van der Waals surface area contributed by atoms with Crippen LogP contribution in [0.2, 0.25) is 10.0 Å². The van der Waals surface area contributed by atoms with Gasteiger partial charge in [0.15, 0.2) is 0 Å². The number of hydrogen-bond acceptors (Lipinski definition) is 2. The van der Waals surface area contributed by atoms with E-state index in [1.165, 1.54) is 12.1 Å². The lowest BCUT2D eigenvalue weighted by Crippen LogP contribution is -2.27. The van der Waals surface area contributed by atoms with Crippen molar-refractivity contribution >= 4 is 29.1 Å². The zero-order valence-corrected chi connectivity index (χ0v) is 13.5. The first kappa shape index (κ1) is 17.5. The first-order valence-corrected chi connectivity index (χ1v) is 7.43. The molecule has 1 atom stereocenters. The molecule has 0 aliphatic rings. The second-order valence-electron chi connectivity index (χ2n) is 4.75. The number of ether oxygens (including phenoxy) is 1. The summed E-state index contributed by atoms with van der Waals surface area (Å²) in [5.74, 6) is -0.385. The molecule has 3 nitrogen and oxygen atoms in total. The van der Waals surface area contributed by atoms with Crippen LogP contribution in [0, 0.1) is 0 Å². The molecule has 122 valence electrons. The molecule has 0 saturated carbocycles. The van der Waals surface area contributed by atoms with Crippen LogP contribution in [0.3, 0.4) is 0 Å². The lowest BCUT2D eigenvalue weighted by molar-refractivity contribution is -0.0499. The zero-order chi connectivity index (χ0) is 17.0. The largest absolute Gasteiger partial charge is 0.435 e. The predicted octanol–water partition coefficient (Wildman–Crippen LogP) is 5.09. The third kappa shape index (κ3) is 4.56. The highest BCUT2D eigenvalue weighted by atomic mass is 35.5. The van der Waals surface area contributed by atoms with Gasteiger partial charge in [0.1, 0.15) is 5.75 Å². The van der Waals surface area contributed by atoms with Crippen LogP contribution in [0.15, 0.2) is 42.5 Å². The Bertz CT molecular complexity index is 710. The molecule has 0 unspecified atom stereocenters. The van der Waals surface area contributed by atoms with Gasteiger partial charge in [-0.2, -0.15) is 8.78 Å².